The highest BCUT2D eigenvalue weighted by atomic mass is 16.2. The molecule has 0 spiro atoms. The van der Waals surface area contributed by atoms with Crippen LogP contribution < -0.4 is 0 Å². The average Bonchev–Trinajstić information content (AvgIpc) is 3.04. The van der Waals surface area contributed by atoms with Crippen molar-refractivity contribution in [1.29, 1.82) is 0 Å². The van der Waals surface area contributed by atoms with Crippen molar-refractivity contribution in [3.8, 4) is 0 Å². The first kappa shape index (κ1) is 28.5. The molecule has 0 fully saturated rings. The molecular formula is C38H38N2O4. The van der Waals surface area contributed by atoms with Gasteiger partial charge in [-0.2, -0.15) is 0 Å². The molecule has 0 N–H and O–H groups in total. The van der Waals surface area contributed by atoms with Crippen molar-refractivity contribution in [2.75, 3.05) is 7.05 Å². The second-order valence-electron chi connectivity index (χ2n) is 12.6. The van der Waals surface area contributed by atoms with Crippen molar-refractivity contribution in [3.05, 3.63) is 70.8 Å². The summed E-state index contributed by atoms with van der Waals surface area (Å²) >= 11 is 0. The molecule has 0 aromatic heterocycles. The maximum absolute atomic E-state index is 14.3. The van der Waals surface area contributed by atoms with Crippen LogP contribution in [0.1, 0.15) is 119 Å². The largest absolute Gasteiger partial charge is 0.277 e. The van der Waals surface area contributed by atoms with Gasteiger partial charge in [0, 0.05) is 46.1 Å². The summed E-state index contributed by atoms with van der Waals surface area (Å²) in [7, 11) is 1.52. The summed E-state index contributed by atoms with van der Waals surface area (Å²) in [5, 5.41) is 6.82. The fourth-order valence-corrected chi connectivity index (χ4v) is 7.75. The maximum Gasteiger partial charge on any atom is 0.261 e. The van der Waals surface area contributed by atoms with Gasteiger partial charge in [-0.05, 0) is 69.4 Å². The van der Waals surface area contributed by atoms with E-state index in [4.69, 9.17) is 0 Å². The summed E-state index contributed by atoms with van der Waals surface area (Å²) < 4.78 is 0. The highest BCUT2D eigenvalue weighted by Crippen LogP contribution is 2.46. The van der Waals surface area contributed by atoms with Gasteiger partial charge in [-0.1, -0.05) is 89.5 Å². The van der Waals surface area contributed by atoms with Gasteiger partial charge in [-0.15, -0.1) is 0 Å². The van der Waals surface area contributed by atoms with Crippen LogP contribution in [0, 0.1) is 0 Å². The Morgan fingerprint density at radius 2 is 0.841 bits per heavy atom. The minimum absolute atomic E-state index is 0.107. The van der Waals surface area contributed by atoms with Crippen molar-refractivity contribution >= 4 is 66.7 Å². The zero-order valence-electron chi connectivity index (χ0n) is 25.8. The van der Waals surface area contributed by atoms with E-state index in [2.05, 4.69) is 13.8 Å². The van der Waals surface area contributed by atoms with Crippen LogP contribution in [-0.4, -0.2) is 46.5 Å². The minimum Gasteiger partial charge on any atom is -0.277 e. The van der Waals surface area contributed by atoms with E-state index >= 15 is 0 Å². The Kier molecular flexibility index (Phi) is 7.11. The monoisotopic (exact) mass is 586 g/mol. The molecule has 0 unspecified atom stereocenters. The number of hydrogen-bond acceptors (Lipinski definition) is 4. The van der Waals surface area contributed by atoms with Gasteiger partial charge in [-0.25, -0.2) is 0 Å². The standard InChI is InChI=1S/C38H38N2O4/c1-4-6-8-10-12-22(13-11-9-7-5-2)40-37(43)29-20-16-25-23-14-18-27-33-28(36(42)39(3)35(27)41)19-15-24(31(23)33)26-17-21-30(38(40)44)34(29)32(25)26/h14-22H,4-13H2,1-3H3. The molecule has 2 heterocycles. The van der Waals surface area contributed by atoms with Crippen LogP contribution in [0.25, 0.3) is 43.1 Å². The Morgan fingerprint density at radius 1 is 0.477 bits per heavy atom. The third-order valence-electron chi connectivity index (χ3n) is 10.0. The molecular weight excluding hydrogens is 548 g/mol. The van der Waals surface area contributed by atoms with Gasteiger partial charge < -0.3 is 0 Å². The summed E-state index contributed by atoms with van der Waals surface area (Å²) in [6.45, 7) is 4.39. The number of amides is 4. The molecule has 0 bridgehead atoms. The maximum atomic E-state index is 14.3. The van der Waals surface area contributed by atoms with E-state index in [0.29, 0.717) is 33.0 Å². The molecule has 0 aliphatic carbocycles. The number of imide groups is 2. The van der Waals surface area contributed by atoms with Crippen molar-refractivity contribution < 1.29 is 19.2 Å². The molecule has 0 saturated carbocycles. The van der Waals surface area contributed by atoms with Crippen LogP contribution in [-0.2, 0) is 0 Å². The topological polar surface area (TPSA) is 74.8 Å². The van der Waals surface area contributed by atoms with Gasteiger partial charge in [0.1, 0.15) is 0 Å². The van der Waals surface area contributed by atoms with Crippen LogP contribution >= 0.6 is 0 Å². The van der Waals surface area contributed by atoms with Gasteiger partial charge in [0.15, 0.2) is 0 Å². The Balaban J connectivity index is 1.39. The van der Waals surface area contributed by atoms with Crippen LogP contribution in [0.15, 0.2) is 48.5 Å². The molecule has 5 aromatic carbocycles. The first-order valence-corrected chi connectivity index (χ1v) is 16.3. The minimum atomic E-state index is -0.308. The predicted molar refractivity (Wildman–Crippen MR) is 176 cm³/mol. The van der Waals surface area contributed by atoms with Gasteiger partial charge in [0.2, 0.25) is 0 Å². The normalized spacial score (nSPS) is 15.0. The molecule has 7 rings (SSSR count). The molecule has 5 aromatic rings. The molecule has 6 nitrogen and oxygen atoms in total. The Labute approximate surface area is 257 Å². The fourth-order valence-electron chi connectivity index (χ4n) is 7.75. The summed E-state index contributed by atoms with van der Waals surface area (Å²) in [6.07, 6.45) is 10.5. The molecule has 2 aliphatic heterocycles. The zero-order valence-corrected chi connectivity index (χ0v) is 25.8. The lowest BCUT2D eigenvalue weighted by molar-refractivity contribution is 0.0515. The van der Waals surface area contributed by atoms with Crippen LogP contribution in [0.5, 0.6) is 0 Å². The third-order valence-corrected chi connectivity index (χ3v) is 10.0. The molecule has 6 heteroatoms. The number of carbonyl (C=O) groups is 4. The zero-order chi connectivity index (χ0) is 30.7. The predicted octanol–water partition coefficient (Wildman–Crippen LogP) is 8.87. The Hall–Kier alpha value is -4.32. The summed E-state index contributed by atoms with van der Waals surface area (Å²) in [4.78, 5) is 57.5. The smallest absolute Gasteiger partial charge is 0.261 e. The first-order valence-electron chi connectivity index (χ1n) is 16.3. The van der Waals surface area contributed by atoms with Crippen LogP contribution in [0.2, 0.25) is 0 Å². The van der Waals surface area contributed by atoms with Gasteiger partial charge >= 0.3 is 0 Å². The van der Waals surface area contributed by atoms with Crippen molar-refractivity contribution in [2.45, 2.75) is 84.1 Å². The third kappa shape index (κ3) is 4.06. The summed E-state index contributed by atoms with van der Waals surface area (Å²) in [5.74, 6) is -1.01. The molecule has 0 saturated heterocycles. The van der Waals surface area contributed by atoms with Gasteiger partial charge in [0.25, 0.3) is 23.6 Å². The van der Waals surface area contributed by atoms with E-state index in [1.54, 1.807) is 17.0 Å². The molecule has 4 amide bonds. The lowest BCUT2D eigenvalue weighted by Crippen LogP contribution is -2.47. The number of unbranched alkanes of at least 4 members (excludes halogenated alkanes) is 6. The summed E-state index contributed by atoms with van der Waals surface area (Å²) in [6, 6.07) is 15.1. The second-order valence-corrected chi connectivity index (χ2v) is 12.6. The molecule has 2 aliphatic rings. The summed E-state index contributed by atoms with van der Waals surface area (Å²) in [5.41, 5.74) is 2.19. The number of benzene rings is 5. The Morgan fingerprint density at radius 3 is 1.20 bits per heavy atom. The number of nitrogens with zero attached hydrogens (tertiary/aromatic N) is 2. The van der Waals surface area contributed by atoms with Crippen molar-refractivity contribution in [2.24, 2.45) is 0 Å². The van der Waals surface area contributed by atoms with Crippen molar-refractivity contribution in [1.82, 2.24) is 9.80 Å². The van der Waals surface area contributed by atoms with E-state index in [-0.39, 0.29) is 29.7 Å². The SMILES string of the molecule is CCCCCCC(CCCCCC)N1C(=O)c2ccc3c4ccc5c6c(ccc(c7ccc(c2c37)C1=O)c64)C(=O)N(C)C5=O. The lowest BCUT2D eigenvalue weighted by atomic mass is 9.82. The highest BCUT2D eigenvalue weighted by molar-refractivity contribution is 6.41. The number of rotatable bonds is 11. The Bertz CT molecular complexity index is 1880. The quantitative estimate of drug-likeness (QED) is 0.0670. The van der Waals surface area contributed by atoms with Gasteiger partial charge in [0.05, 0.1) is 0 Å². The number of hydrogen-bond donors (Lipinski definition) is 0. The average molecular weight is 587 g/mol. The number of fused-ring (bicyclic) bond motifs is 2. The first-order chi connectivity index (χ1) is 21.4. The molecule has 44 heavy (non-hydrogen) atoms. The van der Waals surface area contributed by atoms with E-state index in [9.17, 15) is 19.2 Å². The van der Waals surface area contributed by atoms with Crippen molar-refractivity contribution in [3.63, 3.8) is 0 Å². The number of carbonyl (C=O) groups excluding carboxylic acids is 4. The van der Waals surface area contributed by atoms with E-state index in [1.165, 1.54) is 11.9 Å². The van der Waals surface area contributed by atoms with Crippen LogP contribution in [0.3, 0.4) is 0 Å². The fraction of sp³-hybridized carbons (Fsp3) is 0.368. The van der Waals surface area contributed by atoms with Crippen LogP contribution in [0.4, 0.5) is 0 Å². The molecule has 224 valence electrons. The molecule has 0 radical (unpaired) electrons. The molecule has 0 atom stereocenters. The second kappa shape index (κ2) is 11.0. The lowest BCUT2D eigenvalue weighted by Gasteiger charge is -2.35. The van der Waals surface area contributed by atoms with E-state index in [0.717, 1.165) is 96.5 Å². The van der Waals surface area contributed by atoms with E-state index < -0.39 is 0 Å². The van der Waals surface area contributed by atoms with E-state index in [1.807, 2.05) is 36.4 Å². The van der Waals surface area contributed by atoms with Gasteiger partial charge in [-0.3, -0.25) is 29.0 Å². The highest BCUT2D eigenvalue weighted by Gasteiger charge is 2.38.